The molecule has 0 saturated carbocycles. The second kappa shape index (κ2) is 8.58. The van der Waals surface area contributed by atoms with E-state index >= 15 is 0 Å². The average molecular weight is 369 g/mol. The van der Waals surface area contributed by atoms with Crippen molar-refractivity contribution in [2.45, 2.75) is 19.4 Å². The molecule has 0 atom stereocenters. The van der Waals surface area contributed by atoms with Crippen molar-refractivity contribution in [1.29, 1.82) is 0 Å². The molecule has 0 spiro atoms. The highest BCUT2D eigenvalue weighted by Crippen LogP contribution is 2.18. The molecule has 1 aliphatic rings. The van der Waals surface area contributed by atoms with Crippen LogP contribution in [0.5, 0.6) is 5.75 Å². The summed E-state index contributed by atoms with van der Waals surface area (Å²) in [7, 11) is 0. The van der Waals surface area contributed by atoms with Gasteiger partial charge in [0.2, 0.25) is 0 Å². The van der Waals surface area contributed by atoms with Crippen LogP contribution in [0.1, 0.15) is 17.5 Å². The SMILES string of the molecule is c1cc(OCc2ccc3nsnc3c2)ccc1CCCN1CCOCC1. The predicted molar refractivity (Wildman–Crippen MR) is 104 cm³/mol. The third kappa shape index (κ3) is 4.58. The van der Waals surface area contributed by atoms with E-state index in [9.17, 15) is 0 Å². The molecule has 0 aliphatic carbocycles. The minimum atomic E-state index is 0.545. The van der Waals surface area contributed by atoms with Gasteiger partial charge in [-0.25, -0.2) is 0 Å². The third-order valence-corrected chi connectivity index (χ3v) is 5.25. The Hall–Kier alpha value is -2.02. The van der Waals surface area contributed by atoms with Gasteiger partial charge < -0.3 is 9.47 Å². The number of hydrogen-bond acceptors (Lipinski definition) is 6. The van der Waals surface area contributed by atoms with Crippen molar-refractivity contribution in [3.8, 4) is 5.75 Å². The quantitative estimate of drug-likeness (QED) is 0.638. The first-order chi connectivity index (χ1) is 12.9. The Bertz CT molecular complexity index is 828. The van der Waals surface area contributed by atoms with E-state index in [2.05, 4.69) is 37.9 Å². The second-order valence-corrected chi connectivity index (χ2v) is 7.11. The van der Waals surface area contributed by atoms with Gasteiger partial charge in [-0.1, -0.05) is 18.2 Å². The van der Waals surface area contributed by atoms with Gasteiger partial charge in [-0.2, -0.15) is 8.75 Å². The molecule has 1 saturated heterocycles. The van der Waals surface area contributed by atoms with Gasteiger partial charge in [-0.05, 0) is 54.8 Å². The topological polar surface area (TPSA) is 47.5 Å². The maximum Gasteiger partial charge on any atom is 0.119 e. The molecular formula is C20H23N3O2S. The Balaban J connectivity index is 1.24. The maximum atomic E-state index is 5.91. The molecule has 6 heteroatoms. The number of ether oxygens (including phenoxy) is 2. The molecule has 5 nitrogen and oxygen atoms in total. The number of aromatic nitrogens is 2. The lowest BCUT2D eigenvalue weighted by molar-refractivity contribution is 0.0374. The molecule has 2 aromatic carbocycles. The number of morpholine rings is 1. The van der Waals surface area contributed by atoms with Crippen molar-refractivity contribution in [2.24, 2.45) is 0 Å². The van der Waals surface area contributed by atoms with Crippen molar-refractivity contribution in [1.82, 2.24) is 13.6 Å². The minimum Gasteiger partial charge on any atom is -0.489 e. The number of hydrogen-bond donors (Lipinski definition) is 0. The second-order valence-electron chi connectivity index (χ2n) is 6.58. The minimum absolute atomic E-state index is 0.545. The molecular weight excluding hydrogens is 346 g/mol. The van der Waals surface area contributed by atoms with Crippen molar-refractivity contribution in [3.63, 3.8) is 0 Å². The number of nitrogens with zero attached hydrogens (tertiary/aromatic N) is 3. The largest absolute Gasteiger partial charge is 0.489 e. The van der Waals surface area contributed by atoms with Crippen molar-refractivity contribution in [3.05, 3.63) is 53.6 Å². The fourth-order valence-corrected chi connectivity index (χ4v) is 3.69. The predicted octanol–water partition coefficient (Wildman–Crippen LogP) is 3.54. The molecule has 136 valence electrons. The van der Waals surface area contributed by atoms with E-state index in [4.69, 9.17) is 9.47 Å². The molecule has 0 N–H and O–H groups in total. The Morgan fingerprint density at radius 1 is 0.962 bits per heavy atom. The molecule has 3 aromatic rings. The monoisotopic (exact) mass is 369 g/mol. The van der Waals surface area contributed by atoms with Crippen LogP contribution < -0.4 is 4.74 Å². The lowest BCUT2D eigenvalue weighted by Crippen LogP contribution is -2.36. The summed E-state index contributed by atoms with van der Waals surface area (Å²) in [6, 6.07) is 14.5. The van der Waals surface area contributed by atoms with Gasteiger partial charge in [0.05, 0.1) is 24.9 Å². The van der Waals surface area contributed by atoms with Crippen LogP contribution >= 0.6 is 11.7 Å². The smallest absolute Gasteiger partial charge is 0.119 e. The molecule has 4 rings (SSSR count). The Morgan fingerprint density at radius 2 is 1.73 bits per heavy atom. The van der Waals surface area contributed by atoms with Crippen LogP contribution in [0.25, 0.3) is 11.0 Å². The highest BCUT2D eigenvalue weighted by molar-refractivity contribution is 7.00. The molecule has 0 radical (unpaired) electrons. The van der Waals surface area contributed by atoms with Crippen LogP contribution in [0.2, 0.25) is 0 Å². The van der Waals surface area contributed by atoms with Gasteiger partial charge in [0.15, 0.2) is 0 Å². The summed E-state index contributed by atoms with van der Waals surface area (Å²) < 4.78 is 19.8. The van der Waals surface area contributed by atoms with Gasteiger partial charge in [0.25, 0.3) is 0 Å². The fourth-order valence-electron chi connectivity index (χ4n) is 3.17. The van der Waals surface area contributed by atoms with Gasteiger partial charge >= 0.3 is 0 Å². The van der Waals surface area contributed by atoms with Crippen LogP contribution in [0.3, 0.4) is 0 Å². The summed E-state index contributed by atoms with van der Waals surface area (Å²) >= 11 is 1.24. The molecule has 1 aliphatic heterocycles. The zero-order valence-electron chi connectivity index (χ0n) is 14.8. The summed E-state index contributed by atoms with van der Waals surface area (Å²) in [5.74, 6) is 0.901. The highest BCUT2D eigenvalue weighted by atomic mass is 32.1. The average Bonchev–Trinajstić information content (AvgIpc) is 3.16. The first-order valence-electron chi connectivity index (χ1n) is 9.10. The van der Waals surface area contributed by atoms with E-state index in [1.165, 1.54) is 23.7 Å². The summed E-state index contributed by atoms with van der Waals surface area (Å²) in [4.78, 5) is 2.48. The highest BCUT2D eigenvalue weighted by Gasteiger charge is 2.09. The number of rotatable bonds is 7. The van der Waals surface area contributed by atoms with E-state index in [1.54, 1.807) is 0 Å². The van der Waals surface area contributed by atoms with Gasteiger partial charge in [-0.3, -0.25) is 4.90 Å². The first-order valence-corrected chi connectivity index (χ1v) is 9.83. The zero-order valence-corrected chi connectivity index (χ0v) is 15.6. The van der Waals surface area contributed by atoms with Crippen molar-refractivity contribution < 1.29 is 9.47 Å². The Kier molecular flexibility index (Phi) is 5.74. The number of benzene rings is 2. The summed E-state index contributed by atoms with van der Waals surface area (Å²) in [6.07, 6.45) is 2.28. The van der Waals surface area contributed by atoms with E-state index in [0.717, 1.165) is 61.6 Å². The number of aryl methyl sites for hydroxylation is 1. The van der Waals surface area contributed by atoms with Crippen LogP contribution in [0.4, 0.5) is 0 Å². The third-order valence-electron chi connectivity index (χ3n) is 4.69. The van der Waals surface area contributed by atoms with E-state index < -0.39 is 0 Å². The molecule has 26 heavy (non-hydrogen) atoms. The maximum absolute atomic E-state index is 5.91. The Labute approximate surface area is 157 Å². The molecule has 1 aromatic heterocycles. The standard InChI is InChI=1S/C20H23N3O2S/c1(9-23-10-12-24-13-11-23)2-16-3-6-18(7-4-16)25-15-17-5-8-19-20(14-17)22-26-21-19/h3-8,14H,1-2,9-13,15H2. The van der Waals surface area contributed by atoms with Crippen LogP contribution in [0, 0.1) is 0 Å². The van der Waals surface area contributed by atoms with Crippen LogP contribution in [0.15, 0.2) is 42.5 Å². The van der Waals surface area contributed by atoms with E-state index in [-0.39, 0.29) is 0 Å². The van der Waals surface area contributed by atoms with E-state index in [1.807, 2.05) is 18.2 Å². The van der Waals surface area contributed by atoms with Crippen LogP contribution in [-0.2, 0) is 17.8 Å². The molecule has 0 unspecified atom stereocenters. The lowest BCUT2D eigenvalue weighted by Gasteiger charge is -2.26. The number of fused-ring (bicyclic) bond motifs is 1. The lowest BCUT2D eigenvalue weighted by atomic mass is 10.1. The Morgan fingerprint density at radius 3 is 2.58 bits per heavy atom. The van der Waals surface area contributed by atoms with Gasteiger partial charge in [-0.15, -0.1) is 0 Å². The van der Waals surface area contributed by atoms with Crippen LogP contribution in [-0.4, -0.2) is 46.5 Å². The van der Waals surface area contributed by atoms with Gasteiger partial charge in [0, 0.05) is 13.1 Å². The zero-order chi connectivity index (χ0) is 17.6. The molecule has 0 amide bonds. The molecule has 0 bridgehead atoms. The first kappa shape index (κ1) is 17.4. The molecule has 1 fully saturated rings. The summed E-state index contributed by atoms with van der Waals surface area (Å²) in [5.41, 5.74) is 4.35. The van der Waals surface area contributed by atoms with Crippen molar-refractivity contribution >= 4 is 22.8 Å². The van der Waals surface area contributed by atoms with Gasteiger partial charge in [0.1, 0.15) is 23.4 Å². The summed E-state index contributed by atoms with van der Waals surface area (Å²) in [6.45, 7) is 5.57. The van der Waals surface area contributed by atoms with E-state index in [0.29, 0.717) is 6.61 Å². The normalized spacial score (nSPS) is 15.4. The summed E-state index contributed by atoms with van der Waals surface area (Å²) in [5, 5.41) is 0. The molecule has 2 heterocycles. The van der Waals surface area contributed by atoms with Crippen molar-refractivity contribution in [2.75, 3.05) is 32.8 Å². The fraction of sp³-hybridized carbons (Fsp3) is 0.400.